The second-order valence-electron chi connectivity index (χ2n) is 5.42. The van der Waals surface area contributed by atoms with Crippen molar-refractivity contribution in [1.29, 1.82) is 10.8 Å². The van der Waals surface area contributed by atoms with Crippen LogP contribution in [0.1, 0.15) is 31.9 Å². The number of hydrogen-bond acceptors (Lipinski definition) is 4. The van der Waals surface area contributed by atoms with Crippen LogP contribution in [0.15, 0.2) is 59.5 Å². The van der Waals surface area contributed by atoms with Crippen LogP contribution in [-0.2, 0) is 9.84 Å². The first-order valence-electron chi connectivity index (χ1n) is 8.10. The van der Waals surface area contributed by atoms with E-state index in [0.717, 1.165) is 11.8 Å². The van der Waals surface area contributed by atoms with Gasteiger partial charge < -0.3 is 5.41 Å². The quantitative estimate of drug-likeness (QED) is 0.682. The highest BCUT2D eigenvalue weighted by atomic mass is 35.5. The van der Waals surface area contributed by atoms with Gasteiger partial charge in [0.25, 0.3) is 0 Å². The lowest BCUT2D eigenvalue weighted by molar-refractivity contribution is 0.602. The number of halogens is 1. The third-order valence-electron chi connectivity index (χ3n) is 3.36. The van der Waals surface area contributed by atoms with Crippen LogP contribution < -0.4 is 0 Å². The first kappa shape index (κ1) is 21.8. The van der Waals surface area contributed by atoms with Gasteiger partial charge in [-0.2, -0.15) is 0 Å². The maximum atomic E-state index is 11.5. The van der Waals surface area contributed by atoms with Gasteiger partial charge in [0, 0.05) is 28.1 Å². The van der Waals surface area contributed by atoms with E-state index in [0.29, 0.717) is 21.9 Å². The summed E-state index contributed by atoms with van der Waals surface area (Å²) < 4.78 is 23.1. The Morgan fingerprint density at radius 1 is 0.923 bits per heavy atom. The van der Waals surface area contributed by atoms with Gasteiger partial charge in [-0.05, 0) is 42.8 Å². The zero-order chi connectivity index (χ0) is 19.9. The molecule has 0 aliphatic carbocycles. The minimum Gasteiger partial charge on any atom is -0.306 e. The normalized spacial score (nSPS) is 11.3. The molecule has 0 saturated carbocycles. The highest BCUT2D eigenvalue weighted by Gasteiger charge is 2.13. The smallest absolute Gasteiger partial charge is 0.175 e. The highest BCUT2D eigenvalue weighted by molar-refractivity contribution is 7.90. The molecule has 0 fully saturated rings. The van der Waals surface area contributed by atoms with Crippen molar-refractivity contribution in [2.75, 3.05) is 6.26 Å². The molecule has 6 heteroatoms. The number of sulfone groups is 1. The van der Waals surface area contributed by atoms with Crippen molar-refractivity contribution < 1.29 is 8.42 Å². The molecular formula is C20H23ClN2O2S. The van der Waals surface area contributed by atoms with Gasteiger partial charge in [-0.25, -0.2) is 8.42 Å². The Kier molecular flexibility index (Phi) is 7.93. The summed E-state index contributed by atoms with van der Waals surface area (Å²) in [4.78, 5) is 0.208. The van der Waals surface area contributed by atoms with E-state index in [1.54, 1.807) is 49.4 Å². The van der Waals surface area contributed by atoms with Gasteiger partial charge in [-0.1, -0.05) is 49.7 Å². The van der Waals surface area contributed by atoms with Crippen LogP contribution in [0.4, 0.5) is 0 Å². The molecular weight excluding hydrogens is 368 g/mol. The number of allylic oxidation sites excluding steroid dienone is 2. The second-order valence-corrected chi connectivity index (χ2v) is 7.87. The van der Waals surface area contributed by atoms with Crippen LogP contribution in [-0.4, -0.2) is 26.1 Å². The van der Waals surface area contributed by atoms with Crippen LogP contribution in [0, 0.1) is 10.8 Å². The van der Waals surface area contributed by atoms with Crippen LogP contribution in [0.25, 0.3) is 5.57 Å². The van der Waals surface area contributed by atoms with E-state index in [1.807, 2.05) is 13.8 Å². The van der Waals surface area contributed by atoms with Gasteiger partial charge >= 0.3 is 0 Å². The van der Waals surface area contributed by atoms with E-state index in [4.69, 9.17) is 22.4 Å². The Bertz CT molecular complexity index is 913. The van der Waals surface area contributed by atoms with E-state index in [-0.39, 0.29) is 10.6 Å². The third kappa shape index (κ3) is 5.93. The summed E-state index contributed by atoms with van der Waals surface area (Å²) in [5, 5.41) is 16.8. The summed E-state index contributed by atoms with van der Waals surface area (Å²) in [6, 6.07) is 13.2. The number of nitrogens with one attached hydrogen (secondary N) is 2. The summed E-state index contributed by atoms with van der Waals surface area (Å²) in [6.45, 7) is 5.63. The standard InChI is InChI=1S/C18H17ClN2O2S.C2H6/c1-12(20)11-17(13-3-7-15(19)8-4-13)18(21)14-5-9-16(10-6-14)24(2,22)23;1-2/h3-11,20-21H,1-2H3;1-2H3/b17-11-,20-12?,21-18?;. The number of rotatable bonds is 5. The van der Waals surface area contributed by atoms with Crippen LogP contribution in [0.2, 0.25) is 5.02 Å². The van der Waals surface area contributed by atoms with E-state index in [9.17, 15) is 8.42 Å². The molecule has 0 aliphatic rings. The van der Waals surface area contributed by atoms with Gasteiger partial charge in [0.2, 0.25) is 0 Å². The lowest BCUT2D eigenvalue weighted by Gasteiger charge is -2.11. The van der Waals surface area contributed by atoms with Gasteiger partial charge in [0.05, 0.1) is 10.6 Å². The molecule has 0 saturated heterocycles. The summed E-state index contributed by atoms with van der Waals surface area (Å²) >= 11 is 5.91. The van der Waals surface area contributed by atoms with E-state index < -0.39 is 9.84 Å². The molecule has 4 nitrogen and oxygen atoms in total. The van der Waals surface area contributed by atoms with Crippen LogP contribution >= 0.6 is 11.6 Å². The minimum atomic E-state index is -3.28. The lowest BCUT2D eigenvalue weighted by atomic mass is 9.95. The monoisotopic (exact) mass is 390 g/mol. The molecule has 0 unspecified atom stereocenters. The molecule has 0 aromatic heterocycles. The first-order chi connectivity index (χ1) is 12.2. The topological polar surface area (TPSA) is 81.8 Å². The van der Waals surface area contributed by atoms with Gasteiger partial charge in [-0.15, -0.1) is 0 Å². The number of benzene rings is 2. The number of hydrogen-bond donors (Lipinski definition) is 2. The summed E-state index contributed by atoms with van der Waals surface area (Å²) in [7, 11) is -3.28. The zero-order valence-corrected chi connectivity index (χ0v) is 16.9. The molecule has 2 rings (SSSR count). The van der Waals surface area contributed by atoms with Crippen molar-refractivity contribution in [2.24, 2.45) is 0 Å². The molecule has 26 heavy (non-hydrogen) atoms. The molecule has 0 bridgehead atoms. The average Bonchev–Trinajstić information content (AvgIpc) is 2.61. The predicted molar refractivity (Wildman–Crippen MR) is 111 cm³/mol. The molecule has 0 aliphatic heterocycles. The molecule has 0 spiro atoms. The maximum absolute atomic E-state index is 11.5. The minimum absolute atomic E-state index is 0.208. The van der Waals surface area contributed by atoms with Crippen LogP contribution in [0.3, 0.4) is 0 Å². The Morgan fingerprint density at radius 2 is 1.38 bits per heavy atom. The first-order valence-corrected chi connectivity index (χ1v) is 10.4. The Morgan fingerprint density at radius 3 is 1.81 bits per heavy atom. The van der Waals surface area contributed by atoms with Gasteiger partial charge in [-0.3, -0.25) is 5.41 Å². The molecule has 0 atom stereocenters. The Hall–Kier alpha value is -2.24. The molecule has 2 aromatic rings. The van der Waals surface area contributed by atoms with E-state index in [1.165, 1.54) is 12.1 Å². The average molecular weight is 391 g/mol. The molecule has 0 radical (unpaired) electrons. The van der Waals surface area contributed by atoms with E-state index in [2.05, 4.69) is 0 Å². The SMILES string of the molecule is CC.CC(=N)/C=C(\C(=N)c1ccc(S(C)(=O)=O)cc1)c1ccc(Cl)cc1. The van der Waals surface area contributed by atoms with Crippen molar-refractivity contribution in [3.63, 3.8) is 0 Å². The Labute approximate surface area is 160 Å². The molecule has 2 N–H and O–H groups in total. The van der Waals surface area contributed by atoms with E-state index >= 15 is 0 Å². The summed E-state index contributed by atoms with van der Waals surface area (Å²) in [5.74, 6) is 0. The zero-order valence-electron chi connectivity index (χ0n) is 15.3. The second kappa shape index (κ2) is 9.46. The van der Waals surface area contributed by atoms with Crippen molar-refractivity contribution in [1.82, 2.24) is 0 Å². The lowest BCUT2D eigenvalue weighted by Crippen LogP contribution is -2.05. The summed E-state index contributed by atoms with van der Waals surface area (Å²) in [6.07, 6.45) is 2.75. The highest BCUT2D eigenvalue weighted by Crippen LogP contribution is 2.23. The van der Waals surface area contributed by atoms with Crippen molar-refractivity contribution in [2.45, 2.75) is 25.7 Å². The molecule has 138 valence electrons. The van der Waals surface area contributed by atoms with Crippen molar-refractivity contribution in [3.05, 3.63) is 70.8 Å². The molecule has 0 amide bonds. The maximum Gasteiger partial charge on any atom is 0.175 e. The third-order valence-corrected chi connectivity index (χ3v) is 4.74. The van der Waals surface area contributed by atoms with Crippen molar-refractivity contribution in [3.8, 4) is 0 Å². The molecule has 0 heterocycles. The summed E-state index contributed by atoms with van der Waals surface area (Å²) in [5.41, 5.74) is 2.45. The largest absolute Gasteiger partial charge is 0.306 e. The predicted octanol–water partition coefficient (Wildman–Crippen LogP) is 5.26. The van der Waals surface area contributed by atoms with Crippen molar-refractivity contribution >= 4 is 38.4 Å². The van der Waals surface area contributed by atoms with Crippen LogP contribution in [0.5, 0.6) is 0 Å². The fourth-order valence-corrected chi connectivity index (χ4v) is 2.93. The van der Waals surface area contributed by atoms with Gasteiger partial charge in [0.1, 0.15) is 0 Å². The fraction of sp³-hybridized carbons (Fsp3) is 0.200. The fourth-order valence-electron chi connectivity index (χ4n) is 2.17. The van der Waals surface area contributed by atoms with Gasteiger partial charge in [0.15, 0.2) is 9.84 Å². The Balaban J connectivity index is 0.00000163. The molecule has 2 aromatic carbocycles.